The number of hydrogen-bond acceptors (Lipinski definition) is 3. The number of amides is 1. The number of carbonyl (C=O) groups is 2. The number of carboxylic acids is 1. The Morgan fingerprint density at radius 2 is 2.17 bits per heavy atom. The Morgan fingerprint density at radius 3 is 2.72 bits per heavy atom. The summed E-state index contributed by atoms with van der Waals surface area (Å²) < 4.78 is 1.66. The normalized spacial score (nSPS) is 10.3. The topological polar surface area (TPSA) is 84.2 Å². The van der Waals surface area contributed by atoms with Crippen molar-refractivity contribution < 1.29 is 14.7 Å². The van der Waals surface area contributed by atoms with Gasteiger partial charge in [-0.15, -0.1) is 0 Å². The number of nitrogens with one attached hydrogen (secondary N) is 1. The smallest absolute Gasteiger partial charge is 0.303 e. The van der Waals surface area contributed by atoms with Crippen LogP contribution in [0.3, 0.4) is 0 Å². The van der Waals surface area contributed by atoms with Gasteiger partial charge in [-0.05, 0) is 25.8 Å². The highest BCUT2D eigenvalue weighted by Gasteiger charge is 2.13. The second kappa shape index (κ2) is 6.78. The van der Waals surface area contributed by atoms with E-state index in [1.165, 1.54) is 0 Å². The number of rotatable bonds is 7. The minimum absolute atomic E-state index is 0.0630. The third-order valence-corrected chi connectivity index (χ3v) is 2.58. The van der Waals surface area contributed by atoms with Crippen LogP contribution in [0.25, 0.3) is 0 Å². The van der Waals surface area contributed by atoms with E-state index in [4.69, 9.17) is 5.11 Å². The van der Waals surface area contributed by atoms with Crippen LogP contribution in [0.5, 0.6) is 0 Å². The second-order valence-electron chi connectivity index (χ2n) is 3.94. The summed E-state index contributed by atoms with van der Waals surface area (Å²) in [6.07, 6.45) is 1.28. The Morgan fingerprint density at radius 1 is 1.44 bits per heavy atom. The van der Waals surface area contributed by atoms with Crippen molar-refractivity contribution in [3.63, 3.8) is 0 Å². The van der Waals surface area contributed by atoms with E-state index in [1.807, 2.05) is 13.8 Å². The molecule has 0 bridgehead atoms. The molecule has 1 heterocycles. The van der Waals surface area contributed by atoms with E-state index in [1.54, 1.807) is 10.7 Å². The van der Waals surface area contributed by atoms with E-state index < -0.39 is 5.97 Å². The van der Waals surface area contributed by atoms with Crippen molar-refractivity contribution in [1.82, 2.24) is 15.1 Å². The summed E-state index contributed by atoms with van der Waals surface area (Å²) in [5.74, 6) is -1.05. The lowest BCUT2D eigenvalue weighted by molar-refractivity contribution is -0.137. The average Bonchev–Trinajstić information content (AvgIpc) is 2.77. The van der Waals surface area contributed by atoms with Crippen LogP contribution in [0.2, 0.25) is 0 Å². The van der Waals surface area contributed by atoms with Crippen LogP contribution in [-0.4, -0.2) is 33.3 Å². The largest absolute Gasteiger partial charge is 0.481 e. The van der Waals surface area contributed by atoms with Crippen molar-refractivity contribution in [3.05, 3.63) is 17.5 Å². The van der Waals surface area contributed by atoms with Crippen molar-refractivity contribution in [1.29, 1.82) is 0 Å². The van der Waals surface area contributed by atoms with Crippen LogP contribution < -0.4 is 5.32 Å². The Hall–Kier alpha value is -1.85. The first-order valence-corrected chi connectivity index (χ1v) is 6.15. The summed E-state index contributed by atoms with van der Waals surface area (Å²) >= 11 is 0. The van der Waals surface area contributed by atoms with E-state index >= 15 is 0 Å². The highest BCUT2D eigenvalue weighted by molar-refractivity contribution is 5.92. The first kappa shape index (κ1) is 14.2. The molecule has 0 fully saturated rings. The molecule has 1 aromatic rings. The van der Waals surface area contributed by atoms with Crippen LogP contribution in [0.15, 0.2) is 6.07 Å². The molecule has 2 N–H and O–H groups in total. The van der Waals surface area contributed by atoms with E-state index in [0.29, 0.717) is 25.2 Å². The number of carboxylic acid groups (broad SMARTS) is 1. The van der Waals surface area contributed by atoms with Gasteiger partial charge in [0.1, 0.15) is 5.69 Å². The zero-order valence-corrected chi connectivity index (χ0v) is 10.8. The molecule has 0 atom stereocenters. The van der Waals surface area contributed by atoms with E-state index in [2.05, 4.69) is 10.4 Å². The summed E-state index contributed by atoms with van der Waals surface area (Å²) in [6, 6.07) is 1.77. The van der Waals surface area contributed by atoms with Gasteiger partial charge in [-0.25, -0.2) is 0 Å². The number of carbonyl (C=O) groups excluding carboxylic acids is 1. The molecule has 1 amide bonds. The molecular formula is C12H19N3O3. The Balaban J connectivity index is 2.55. The minimum Gasteiger partial charge on any atom is -0.481 e. The maximum absolute atomic E-state index is 11.9. The zero-order valence-electron chi connectivity index (χ0n) is 10.8. The van der Waals surface area contributed by atoms with Gasteiger partial charge in [-0.1, -0.05) is 6.92 Å². The molecule has 0 spiro atoms. The molecule has 0 aliphatic carbocycles. The molecule has 0 aliphatic rings. The van der Waals surface area contributed by atoms with E-state index in [-0.39, 0.29) is 12.3 Å². The summed E-state index contributed by atoms with van der Waals surface area (Å²) in [4.78, 5) is 22.2. The molecule has 100 valence electrons. The molecule has 18 heavy (non-hydrogen) atoms. The number of nitrogens with zero attached hydrogens (tertiary/aromatic N) is 2. The molecule has 0 unspecified atom stereocenters. The van der Waals surface area contributed by atoms with Crippen molar-refractivity contribution in [2.75, 3.05) is 6.54 Å². The number of aryl methyl sites for hydroxylation is 2. The Bertz CT molecular complexity index is 426. The van der Waals surface area contributed by atoms with Gasteiger partial charge in [-0.2, -0.15) is 5.10 Å². The average molecular weight is 253 g/mol. The molecule has 1 rings (SSSR count). The van der Waals surface area contributed by atoms with Crippen molar-refractivity contribution in [2.45, 2.75) is 39.7 Å². The van der Waals surface area contributed by atoms with E-state index in [0.717, 1.165) is 12.1 Å². The van der Waals surface area contributed by atoms with Gasteiger partial charge in [0.15, 0.2) is 0 Å². The van der Waals surface area contributed by atoms with E-state index in [9.17, 15) is 9.59 Å². The fourth-order valence-corrected chi connectivity index (χ4v) is 1.60. The molecular weight excluding hydrogens is 234 g/mol. The monoisotopic (exact) mass is 253 g/mol. The van der Waals surface area contributed by atoms with Crippen LogP contribution in [0, 0.1) is 0 Å². The lowest BCUT2D eigenvalue weighted by atomic mass is 10.3. The van der Waals surface area contributed by atoms with Gasteiger partial charge >= 0.3 is 5.97 Å². The summed E-state index contributed by atoms with van der Waals surface area (Å²) in [7, 11) is 0. The fourth-order valence-electron chi connectivity index (χ4n) is 1.60. The quantitative estimate of drug-likeness (QED) is 0.712. The zero-order chi connectivity index (χ0) is 13.5. The van der Waals surface area contributed by atoms with Crippen molar-refractivity contribution in [2.24, 2.45) is 0 Å². The lowest BCUT2D eigenvalue weighted by Gasteiger charge is -2.05. The fraction of sp³-hybridized carbons (Fsp3) is 0.583. The van der Waals surface area contributed by atoms with Gasteiger partial charge in [0.05, 0.1) is 5.69 Å². The van der Waals surface area contributed by atoms with Gasteiger partial charge in [-0.3, -0.25) is 14.3 Å². The predicted molar refractivity (Wildman–Crippen MR) is 66.5 cm³/mol. The Kier molecular flexibility index (Phi) is 5.35. The molecule has 0 saturated heterocycles. The van der Waals surface area contributed by atoms with Crippen LogP contribution in [0.1, 0.15) is 42.9 Å². The molecule has 0 aliphatic heterocycles. The van der Waals surface area contributed by atoms with Gasteiger partial charge in [0.2, 0.25) is 0 Å². The molecule has 0 radical (unpaired) electrons. The SMILES string of the molecule is CCc1cc(C(=O)NCCCC(=O)O)n(CC)n1. The highest BCUT2D eigenvalue weighted by atomic mass is 16.4. The molecule has 1 aromatic heterocycles. The first-order valence-electron chi connectivity index (χ1n) is 6.15. The molecule has 0 aromatic carbocycles. The maximum Gasteiger partial charge on any atom is 0.303 e. The summed E-state index contributed by atoms with van der Waals surface area (Å²) in [5.41, 5.74) is 1.41. The van der Waals surface area contributed by atoms with Crippen LogP contribution in [-0.2, 0) is 17.8 Å². The number of hydrogen-bond donors (Lipinski definition) is 2. The second-order valence-corrected chi connectivity index (χ2v) is 3.94. The molecule has 0 saturated carbocycles. The number of aliphatic carboxylic acids is 1. The molecule has 6 heteroatoms. The summed E-state index contributed by atoms with van der Waals surface area (Å²) in [5, 5.41) is 15.5. The van der Waals surface area contributed by atoms with Crippen molar-refractivity contribution >= 4 is 11.9 Å². The molecule has 6 nitrogen and oxygen atoms in total. The third-order valence-electron chi connectivity index (χ3n) is 2.58. The summed E-state index contributed by atoms with van der Waals surface area (Å²) in [6.45, 7) is 4.91. The standard InChI is InChI=1S/C12H19N3O3/c1-3-9-8-10(15(4-2)14-9)12(18)13-7-5-6-11(16)17/h8H,3-7H2,1-2H3,(H,13,18)(H,16,17). The van der Waals surface area contributed by atoms with Gasteiger partial charge in [0.25, 0.3) is 5.91 Å². The minimum atomic E-state index is -0.851. The predicted octanol–water partition coefficient (Wildman–Crippen LogP) is 1.06. The van der Waals surface area contributed by atoms with Crippen LogP contribution in [0.4, 0.5) is 0 Å². The highest BCUT2D eigenvalue weighted by Crippen LogP contribution is 2.05. The maximum atomic E-state index is 11.9. The van der Waals surface area contributed by atoms with Gasteiger partial charge in [0, 0.05) is 19.5 Å². The number of aromatic nitrogens is 2. The first-order chi connectivity index (χ1) is 8.58. The van der Waals surface area contributed by atoms with Gasteiger partial charge < -0.3 is 10.4 Å². The third kappa shape index (κ3) is 3.87. The van der Waals surface area contributed by atoms with Crippen molar-refractivity contribution in [3.8, 4) is 0 Å². The Labute approximate surface area is 106 Å². The van der Waals surface area contributed by atoms with Crippen LogP contribution >= 0.6 is 0 Å². The lowest BCUT2D eigenvalue weighted by Crippen LogP contribution is -2.27.